The molecule has 54 valence electrons. The van der Waals surface area contributed by atoms with Gasteiger partial charge in [-0.25, -0.2) is 4.98 Å². The molecule has 0 aliphatic rings. The van der Waals surface area contributed by atoms with Crippen LogP contribution >= 0.6 is 34.2 Å². The van der Waals surface area contributed by atoms with E-state index in [1.54, 1.807) is 0 Å². The first kappa shape index (κ1) is 4.77. The van der Waals surface area contributed by atoms with Crippen LogP contribution in [0.2, 0.25) is 5.15 Å². The number of hydrogen-bond donors (Lipinski definition) is 1. The van der Waals surface area contributed by atoms with E-state index < -0.39 is 6.85 Å². The van der Waals surface area contributed by atoms with Crippen molar-refractivity contribution in [3.05, 3.63) is 20.5 Å². The van der Waals surface area contributed by atoms with E-state index in [4.69, 9.17) is 21.4 Å². The van der Waals surface area contributed by atoms with Crippen LogP contribution in [0, 0.1) is 10.4 Å². The van der Waals surface area contributed by atoms with E-state index in [-0.39, 0.29) is 16.4 Å². The normalized spacial score (nSPS) is 15.6. The van der Waals surface area contributed by atoms with Gasteiger partial charge in [0.05, 0.1) is 9.26 Å². The Balaban J connectivity index is 3.43. The molecule has 0 spiro atoms. The smallest absolute Gasteiger partial charge is 0.134 e. The molecule has 2 N–H and O–H groups in total. The van der Waals surface area contributed by atoms with E-state index in [2.05, 4.69) is 4.98 Å². The predicted molar refractivity (Wildman–Crippen MR) is 51.1 cm³/mol. The monoisotopic (exact) mass is 271 g/mol. The van der Waals surface area contributed by atoms with E-state index in [9.17, 15) is 0 Å². The third-order valence-corrected chi connectivity index (χ3v) is 2.17. The van der Waals surface area contributed by atoms with Gasteiger partial charge >= 0.3 is 0 Å². The van der Waals surface area contributed by atoms with Crippen LogP contribution in [0.5, 0.6) is 0 Å². The van der Waals surface area contributed by atoms with Gasteiger partial charge in [0.2, 0.25) is 0 Å². The van der Waals surface area contributed by atoms with Crippen molar-refractivity contribution >= 4 is 39.9 Å². The van der Waals surface area contributed by atoms with Crippen molar-refractivity contribution in [2.75, 3.05) is 5.73 Å². The summed E-state index contributed by atoms with van der Waals surface area (Å²) in [4.78, 5) is 3.72. The lowest BCUT2D eigenvalue weighted by atomic mass is 10.3. The minimum absolute atomic E-state index is 0.0575. The first-order chi connectivity index (χ1) is 5.84. The van der Waals surface area contributed by atoms with Gasteiger partial charge in [-0.1, -0.05) is 11.6 Å². The molecule has 1 aromatic rings. The zero-order chi connectivity index (χ0) is 10.2. The van der Waals surface area contributed by atoms with Crippen molar-refractivity contribution in [1.29, 1.82) is 0 Å². The molecule has 0 fully saturated rings. The molecule has 0 amide bonds. The van der Waals surface area contributed by atoms with Gasteiger partial charge in [0, 0.05) is 15.9 Å². The van der Waals surface area contributed by atoms with Crippen LogP contribution in [0.1, 0.15) is 9.68 Å². The van der Waals surface area contributed by atoms with E-state index in [1.165, 1.54) is 6.20 Å². The number of nitrogens with two attached hydrogens (primary N) is 1. The Morgan fingerprint density at radius 2 is 2.60 bits per heavy atom. The maximum absolute atomic E-state index is 7.18. The Bertz CT molecular complexity index is 339. The summed E-state index contributed by atoms with van der Waals surface area (Å²) >= 11 is 7.54. The van der Waals surface area contributed by atoms with Crippen LogP contribution in [0.15, 0.2) is 6.20 Å². The molecule has 4 heteroatoms. The van der Waals surface area contributed by atoms with Crippen LogP contribution < -0.4 is 5.73 Å². The molecule has 1 rings (SSSR count). The lowest BCUT2D eigenvalue weighted by Crippen LogP contribution is -1.95. The Kier molecular flexibility index (Phi) is 1.39. The number of aromatic nitrogens is 1. The molecule has 0 atom stereocenters. The van der Waals surface area contributed by atoms with Crippen molar-refractivity contribution < 1.29 is 4.11 Å². The van der Waals surface area contributed by atoms with Gasteiger partial charge in [-0.2, -0.15) is 0 Å². The Morgan fingerprint density at radius 3 is 3.10 bits per heavy atom. The molecule has 0 aliphatic heterocycles. The molecule has 1 heterocycles. The number of pyridine rings is 1. The van der Waals surface area contributed by atoms with Crippen molar-refractivity contribution in [3.8, 4) is 0 Å². The highest BCUT2D eigenvalue weighted by molar-refractivity contribution is 14.1. The molecule has 0 aliphatic carbocycles. The van der Waals surface area contributed by atoms with Gasteiger partial charge in [0.25, 0.3) is 0 Å². The second-order valence-electron chi connectivity index (χ2n) is 1.69. The lowest BCUT2D eigenvalue weighted by Gasteiger charge is -2.02. The quantitative estimate of drug-likeness (QED) is 0.580. The zero-order valence-electron chi connectivity index (χ0n) is 7.86. The average molecular weight is 272 g/mol. The average Bonchev–Trinajstić information content (AvgIpc) is 1.95. The lowest BCUT2D eigenvalue weighted by molar-refractivity contribution is 1.25. The summed E-state index contributed by atoms with van der Waals surface area (Å²) in [5.41, 5.74) is 5.69. The number of hydrogen-bond acceptors (Lipinski definition) is 2. The second-order valence-corrected chi connectivity index (χ2v) is 3.21. The molecular weight excluding hydrogens is 262 g/mol. The van der Waals surface area contributed by atoms with Gasteiger partial charge < -0.3 is 5.73 Å². The zero-order valence-corrected chi connectivity index (χ0v) is 7.77. The molecule has 10 heavy (non-hydrogen) atoms. The minimum Gasteiger partial charge on any atom is -0.398 e. The highest BCUT2D eigenvalue weighted by atomic mass is 127. The summed E-state index contributed by atoms with van der Waals surface area (Å²) < 4.78 is 22.1. The molecule has 0 saturated carbocycles. The molecular formula is C6H6ClIN2. The fraction of sp³-hybridized carbons (Fsp3) is 0.167. The van der Waals surface area contributed by atoms with Gasteiger partial charge in [0.1, 0.15) is 5.15 Å². The van der Waals surface area contributed by atoms with Crippen molar-refractivity contribution in [3.63, 3.8) is 0 Å². The summed E-state index contributed by atoms with van der Waals surface area (Å²) in [5, 5.41) is -0.0575. The summed E-state index contributed by atoms with van der Waals surface area (Å²) in [7, 11) is 0. The van der Waals surface area contributed by atoms with Gasteiger partial charge in [-0.3, -0.25) is 0 Å². The van der Waals surface area contributed by atoms with E-state index in [0.29, 0.717) is 3.57 Å². The summed E-state index contributed by atoms with van der Waals surface area (Å²) in [6.45, 7) is -2.31. The number of nitrogens with zero attached hydrogens (tertiary/aromatic N) is 1. The third kappa shape index (κ3) is 1.34. The van der Waals surface area contributed by atoms with Crippen LogP contribution in [0.25, 0.3) is 0 Å². The van der Waals surface area contributed by atoms with E-state index in [1.807, 2.05) is 22.6 Å². The first-order valence-electron chi connectivity index (χ1n) is 3.94. The number of halogens is 2. The molecule has 0 radical (unpaired) electrons. The van der Waals surface area contributed by atoms with Crippen LogP contribution in [0.4, 0.5) is 5.69 Å². The Hall–Kier alpha value is -0.0300. The number of anilines is 1. The molecule has 0 saturated heterocycles. The largest absolute Gasteiger partial charge is 0.398 e. The molecule has 0 bridgehead atoms. The van der Waals surface area contributed by atoms with Gasteiger partial charge in [-0.15, -0.1) is 0 Å². The van der Waals surface area contributed by atoms with Crippen LogP contribution in [-0.2, 0) is 0 Å². The highest BCUT2D eigenvalue weighted by Gasteiger charge is 2.02. The van der Waals surface area contributed by atoms with Crippen molar-refractivity contribution in [1.82, 2.24) is 4.98 Å². The Labute approximate surface area is 82.1 Å². The maximum Gasteiger partial charge on any atom is 0.134 e. The van der Waals surface area contributed by atoms with Gasteiger partial charge in [0.15, 0.2) is 0 Å². The Morgan fingerprint density at radius 1 is 1.90 bits per heavy atom. The molecule has 0 aromatic carbocycles. The summed E-state index contributed by atoms with van der Waals surface area (Å²) in [6, 6.07) is 0. The predicted octanol–water partition coefficient (Wildman–Crippen LogP) is 2.23. The number of nitrogen functional groups attached to an aromatic ring is 1. The van der Waals surface area contributed by atoms with E-state index in [0.717, 1.165) is 0 Å². The van der Waals surface area contributed by atoms with Crippen molar-refractivity contribution in [2.24, 2.45) is 0 Å². The SMILES string of the molecule is [2H]C([2H])([2H])c1c(Cl)ncc(I)c1N. The topological polar surface area (TPSA) is 38.9 Å². The third-order valence-electron chi connectivity index (χ3n) is 1.02. The molecule has 2 nitrogen and oxygen atoms in total. The number of rotatable bonds is 0. The highest BCUT2D eigenvalue weighted by Crippen LogP contribution is 2.22. The second kappa shape index (κ2) is 2.92. The molecule has 0 unspecified atom stereocenters. The fourth-order valence-electron chi connectivity index (χ4n) is 0.478. The van der Waals surface area contributed by atoms with Crippen molar-refractivity contribution in [2.45, 2.75) is 6.85 Å². The fourth-order valence-corrected chi connectivity index (χ4v) is 1.04. The van der Waals surface area contributed by atoms with E-state index >= 15 is 0 Å². The first-order valence-corrected chi connectivity index (χ1v) is 3.89. The standard InChI is InChI=1S/C6H6ClIN2/c1-3-5(9)4(8)2-10-6(3)7/h2H,1H3,(H2,9,10)/i1D3. The van der Waals surface area contributed by atoms with Crippen LogP contribution in [-0.4, -0.2) is 4.98 Å². The van der Waals surface area contributed by atoms with Crippen LogP contribution in [0.3, 0.4) is 0 Å². The summed E-state index contributed by atoms with van der Waals surface area (Å²) in [6.07, 6.45) is 1.44. The van der Waals surface area contributed by atoms with Gasteiger partial charge in [-0.05, 0) is 29.4 Å². The summed E-state index contributed by atoms with van der Waals surface area (Å²) in [5.74, 6) is 0. The molecule has 1 aromatic heterocycles. The minimum atomic E-state index is -2.31. The maximum atomic E-state index is 7.18.